The molecule has 0 spiro atoms. The highest BCUT2D eigenvalue weighted by molar-refractivity contribution is 7.89. The number of thiazole rings is 1. The quantitative estimate of drug-likeness (QED) is 0.411. The van der Waals surface area contributed by atoms with E-state index in [4.69, 9.17) is 4.42 Å². The Balaban J connectivity index is 1.59. The Morgan fingerprint density at radius 3 is 2.70 bits per heavy atom. The summed E-state index contributed by atoms with van der Waals surface area (Å²) in [5.41, 5.74) is 2.47. The van der Waals surface area contributed by atoms with Crippen LogP contribution in [-0.2, 0) is 21.9 Å². The average molecular weight is 489 g/mol. The van der Waals surface area contributed by atoms with E-state index in [0.29, 0.717) is 10.6 Å². The third kappa shape index (κ3) is 4.85. The molecule has 33 heavy (non-hydrogen) atoms. The van der Waals surface area contributed by atoms with E-state index in [1.807, 2.05) is 39.0 Å². The fraction of sp³-hybridized carbons (Fsp3) is 0.318. The van der Waals surface area contributed by atoms with Gasteiger partial charge < -0.3 is 9.73 Å². The number of rotatable bonds is 7. The van der Waals surface area contributed by atoms with Gasteiger partial charge in [-0.25, -0.2) is 18.2 Å². The predicted molar refractivity (Wildman–Crippen MR) is 128 cm³/mol. The predicted octanol–water partition coefficient (Wildman–Crippen LogP) is 3.38. The van der Waals surface area contributed by atoms with E-state index in [0.717, 1.165) is 15.8 Å². The molecular formula is C22H24N4O5S2. The second kappa shape index (κ2) is 8.73. The van der Waals surface area contributed by atoms with E-state index >= 15 is 0 Å². The van der Waals surface area contributed by atoms with Crippen LogP contribution in [0.15, 0.2) is 50.5 Å². The van der Waals surface area contributed by atoms with Crippen LogP contribution in [0.2, 0.25) is 0 Å². The van der Waals surface area contributed by atoms with Gasteiger partial charge in [-0.05, 0) is 49.1 Å². The van der Waals surface area contributed by atoms with Gasteiger partial charge in [0.1, 0.15) is 6.04 Å². The molecule has 4 aromatic rings. The number of aryl methyl sites for hydroxylation is 2. The third-order valence-corrected chi connectivity index (χ3v) is 7.57. The number of nitrogens with one attached hydrogen (secondary N) is 2. The molecule has 4 rings (SSSR count). The first-order chi connectivity index (χ1) is 15.5. The number of fused-ring (bicyclic) bond motifs is 2. The number of aromatic nitrogens is 2. The molecule has 1 amide bonds. The van der Waals surface area contributed by atoms with E-state index in [-0.39, 0.29) is 22.8 Å². The Hall–Kier alpha value is -3.02. The number of hydrogen-bond donors (Lipinski definition) is 2. The number of hydrogen-bond acceptors (Lipinski definition) is 7. The van der Waals surface area contributed by atoms with Crippen molar-refractivity contribution in [2.75, 3.05) is 5.32 Å². The van der Waals surface area contributed by atoms with E-state index in [1.165, 1.54) is 41.2 Å². The van der Waals surface area contributed by atoms with Gasteiger partial charge in [-0.1, -0.05) is 31.3 Å². The average Bonchev–Trinajstić information content (AvgIpc) is 3.25. The van der Waals surface area contributed by atoms with Crippen molar-refractivity contribution in [1.82, 2.24) is 14.3 Å². The zero-order valence-electron chi connectivity index (χ0n) is 18.6. The molecule has 11 heteroatoms. The van der Waals surface area contributed by atoms with Crippen LogP contribution in [0.25, 0.3) is 21.3 Å². The van der Waals surface area contributed by atoms with Crippen molar-refractivity contribution in [3.63, 3.8) is 0 Å². The number of carbonyl (C=O) groups is 1. The molecule has 2 aromatic heterocycles. The number of oxazole rings is 1. The summed E-state index contributed by atoms with van der Waals surface area (Å²) in [5.74, 6) is -1.03. The standard InChI is InChI=1S/C22H24N4O5S2/c1-12(2)9-16(20(27)24-21-23-15-7-5-13(3)10-19(15)32-21)25-33(29,30)14-6-8-17-18(11-14)31-22(28)26(17)4/h5-8,10-12,16,25H,9H2,1-4H3,(H,23,24,27)/t16-/m0/s1. The van der Waals surface area contributed by atoms with Gasteiger partial charge >= 0.3 is 5.76 Å². The molecular weight excluding hydrogens is 464 g/mol. The minimum atomic E-state index is -4.07. The van der Waals surface area contributed by atoms with Crippen LogP contribution in [0.3, 0.4) is 0 Å². The van der Waals surface area contributed by atoms with Crippen molar-refractivity contribution >= 4 is 53.7 Å². The third-order valence-electron chi connectivity index (χ3n) is 5.17. The number of benzene rings is 2. The Morgan fingerprint density at radius 2 is 1.97 bits per heavy atom. The molecule has 0 fully saturated rings. The first-order valence-electron chi connectivity index (χ1n) is 10.3. The van der Waals surface area contributed by atoms with Crippen LogP contribution >= 0.6 is 11.3 Å². The normalized spacial score (nSPS) is 13.1. The van der Waals surface area contributed by atoms with Gasteiger partial charge in [0.2, 0.25) is 15.9 Å². The van der Waals surface area contributed by atoms with Crippen LogP contribution in [0.1, 0.15) is 25.8 Å². The van der Waals surface area contributed by atoms with Crippen LogP contribution in [0.5, 0.6) is 0 Å². The molecule has 0 aliphatic heterocycles. The summed E-state index contributed by atoms with van der Waals surface area (Å²) in [6.45, 7) is 5.78. The van der Waals surface area contributed by atoms with Gasteiger partial charge in [-0.2, -0.15) is 4.72 Å². The molecule has 0 saturated heterocycles. The number of carbonyl (C=O) groups excluding carboxylic acids is 1. The molecule has 0 bridgehead atoms. The van der Waals surface area contributed by atoms with Gasteiger partial charge in [0.15, 0.2) is 10.7 Å². The summed E-state index contributed by atoms with van der Waals surface area (Å²) in [6.07, 6.45) is 0.289. The van der Waals surface area contributed by atoms with Crippen molar-refractivity contribution in [3.05, 3.63) is 52.5 Å². The van der Waals surface area contributed by atoms with Gasteiger partial charge in [-0.3, -0.25) is 9.36 Å². The van der Waals surface area contributed by atoms with Crippen molar-refractivity contribution in [2.24, 2.45) is 13.0 Å². The summed E-state index contributed by atoms with van der Waals surface area (Å²) in [5, 5.41) is 3.15. The highest BCUT2D eigenvalue weighted by Gasteiger charge is 2.28. The zero-order chi connectivity index (χ0) is 23.9. The minimum absolute atomic E-state index is 0.0519. The first-order valence-corrected chi connectivity index (χ1v) is 12.6. The molecule has 0 aliphatic carbocycles. The van der Waals surface area contributed by atoms with Gasteiger partial charge in [0.25, 0.3) is 0 Å². The second-order valence-electron chi connectivity index (χ2n) is 8.34. The second-order valence-corrected chi connectivity index (χ2v) is 11.1. The first kappa shape index (κ1) is 23.1. The van der Waals surface area contributed by atoms with E-state index < -0.39 is 27.7 Å². The molecule has 0 saturated carbocycles. The minimum Gasteiger partial charge on any atom is -0.408 e. The van der Waals surface area contributed by atoms with Crippen LogP contribution in [0.4, 0.5) is 5.13 Å². The van der Waals surface area contributed by atoms with Gasteiger partial charge in [0.05, 0.1) is 20.6 Å². The summed E-state index contributed by atoms with van der Waals surface area (Å²) >= 11 is 1.33. The summed E-state index contributed by atoms with van der Waals surface area (Å²) in [4.78, 5) is 29.1. The van der Waals surface area contributed by atoms with Crippen LogP contribution in [0, 0.1) is 12.8 Å². The molecule has 2 N–H and O–H groups in total. The maximum Gasteiger partial charge on any atom is 0.419 e. The van der Waals surface area contributed by atoms with Gasteiger partial charge in [0, 0.05) is 13.1 Å². The largest absolute Gasteiger partial charge is 0.419 e. The highest BCUT2D eigenvalue weighted by atomic mass is 32.2. The van der Waals surface area contributed by atoms with Crippen molar-refractivity contribution in [1.29, 1.82) is 0 Å². The fourth-order valence-electron chi connectivity index (χ4n) is 3.49. The monoisotopic (exact) mass is 488 g/mol. The Labute approximate surface area is 194 Å². The zero-order valence-corrected chi connectivity index (χ0v) is 20.2. The van der Waals surface area contributed by atoms with Crippen molar-refractivity contribution < 1.29 is 17.6 Å². The molecule has 9 nitrogen and oxygen atoms in total. The number of amides is 1. The lowest BCUT2D eigenvalue weighted by atomic mass is 10.0. The van der Waals surface area contributed by atoms with E-state index in [2.05, 4.69) is 15.0 Å². The lowest BCUT2D eigenvalue weighted by molar-refractivity contribution is -0.118. The summed E-state index contributed by atoms with van der Waals surface area (Å²) < 4.78 is 35.9. The van der Waals surface area contributed by atoms with Crippen LogP contribution < -0.4 is 15.8 Å². The Morgan fingerprint density at radius 1 is 1.21 bits per heavy atom. The molecule has 2 heterocycles. The maximum atomic E-state index is 13.1. The van der Waals surface area contributed by atoms with E-state index in [9.17, 15) is 18.0 Å². The lowest BCUT2D eigenvalue weighted by Gasteiger charge is -2.19. The molecule has 1 atom stereocenters. The smallest absolute Gasteiger partial charge is 0.408 e. The number of sulfonamides is 1. The topological polar surface area (TPSA) is 123 Å². The maximum absolute atomic E-state index is 13.1. The lowest BCUT2D eigenvalue weighted by Crippen LogP contribution is -2.44. The van der Waals surface area contributed by atoms with Crippen molar-refractivity contribution in [3.8, 4) is 0 Å². The molecule has 174 valence electrons. The van der Waals surface area contributed by atoms with Crippen LogP contribution in [-0.4, -0.2) is 29.9 Å². The molecule has 0 radical (unpaired) electrons. The summed E-state index contributed by atoms with van der Waals surface area (Å²) in [7, 11) is -2.53. The molecule has 2 aromatic carbocycles. The van der Waals surface area contributed by atoms with Crippen molar-refractivity contribution in [2.45, 2.75) is 38.1 Å². The molecule has 0 unspecified atom stereocenters. The number of anilines is 1. The van der Waals surface area contributed by atoms with Gasteiger partial charge in [-0.15, -0.1) is 0 Å². The summed E-state index contributed by atoms with van der Waals surface area (Å²) in [6, 6.07) is 8.93. The highest BCUT2D eigenvalue weighted by Crippen LogP contribution is 2.27. The molecule has 0 aliphatic rings. The number of nitrogens with zero attached hydrogens (tertiary/aromatic N) is 2. The fourth-order valence-corrected chi connectivity index (χ4v) is 5.68. The Kier molecular flexibility index (Phi) is 6.12. The van der Waals surface area contributed by atoms with E-state index in [1.54, 1.807) is 0 Å². The SMILES string of the molecule is Cc1ccc2nc(NC(=O)[C@H](CC(C)C)NS(=O)(=O)c3ccc4c(c3)oc(=O)n4C)sc2c1. The Bertz CT molecular complexity index is 1510.